The second-order valence-corrected chi connectivity index (χ2v) is 7.92. The van der Waals surface area contributed by atoms with E-state index in [0.29, 0.717) is 18.2 Å². The number of benzene rings is 1. The molecule has 0 radical (unpaired) electrons. The van der Waals surface area contributed by atoms with Crippen LogP contribution in [0, 0.1) is 5.92 Å². The lowest BCUT2D eigenvalue weighted by molar-refractivity contribution is 0.0568. The van der Waals surface area contributed by atoms with E-state index in [1.807, 2.05) is 51.5 Å². The van der Waals surface area contributed by atoms with Gasteiger partial charge in [0.05, 0.1) is 11.9 Å². The minimum atomic E-state index is -0.0182. The summed E-state index contributed by atoms with van der Waals surface area (Å²) in [6.45, 7) is 3.47. The van der Waals surface area contributed by atoms with Gasteiger partial charge in [-0.3, -0.25) is 4.79 Å². The minimum Gasteiger partial charge on any atom is -0.333 e. The molecule has 0 saturated carbocycles. The first-order valence-corrected chi connectivity index (χ1v) is 10.1. The number of amides is 1. The Morgan fingerprint density at radius 3 is 2.86 bits per heavy atom. The average Bonchev–Trinajstić information content (AvgIpc) is 3.37. The molecule has 2 unspecified atom stereocenters. The molecule has 28 heavy (non-hydrogen) atoms. The summed E-state index contributed by atoms with van der Waals surface area (Å²) in [5.41, 5.74) is 8.30. The van der Waals surface area contributed by atoms with Gasteiger partial charge in [0, 0.05) is 36.3 Å². The Morgan fingerprint density at radius 2 is 2.11 bits per heavy atom. The van der Waals surface area contributed by atoms with Gasteiger partial charge in [-0.25, -0.2) is 9.67 Å². The Labute approximate surface area is 174 Å². The number of thiazole rings is 1. The monoisotopic (exact) mass is 417 g/mol. The Morgan fingerprint density at radius 1 is 1.32 bits per heavy atom. The number of halogens is 1. The van der Waals surface area contributed by atoms with Crippen molar-refractivity contribution in [2.45, 2.75) is 25.8 Å². The molecule has 3 heterocycles. The van der Waals surface area contributed by atoms with Crippen LogP contribution in [0.4, 0.5) is 0 Å². The number of hydrogen-bond donors (Lipinski definition) is 1. The van der Waals surface area contributed by atoms with Crippen LogP contribution in [0.1, 0.15) is 30.3 Å². The molecule has 1 aliphatic heterocycles. The van der Waals surface area contributed by atoms with Crippen molar-refractivity contribution in [3.05, 3.63) is 53.8 Å². The number of aromatic nitrogens is 3. The number of carbonyl (C=O) groups excluding carboxylic acids is 1. The smallest absolute Gasteiger partial charge is 0.273 e. The van der Waals surface area contributed by atoms with Crippen LogP contribution in [0.2, 0.25) is 0 Å². The maximum absolute atomic E-state index is 12.9. The summed E-state index contributed by atoms with van der Waals surface area (Å²) in [7, 11) is 0. The van der Waals surface area contributed by atoms with Crippen LogP contribution in [0.3, 0.4) is 0 Å². The first-order chi connectivity index (χ1) is 13.2. The molecule has 2 N–H and O–H groups in total. The largest absolute Gasteiger partial charge is 0.333 e. The van der Waals surface area contributed by atoms with Gasteiger partial charge in [0.2, 0.25) is 0 Å². The van der Waals surface area contributed by atoms with Crippen LogP contribution in [0.5, 0.6) is 0 Å². The fraction of sp³-hybridized carbons (Fsp3) is 0.350. The van der Waals surface area contributed by atoms with Crippen LogP contribution in [0.25, 0.3) is 16.3 Å². The fourth-order valence-electron chi connectivity index (χ4n) is 3.55. The number of likely N-dealkylation sites (tertiary alicyclic amines) is 1. The third kappa shape index (κ3) is 4.11. The van der Waals surface area contributed by atoms with Crippen molar-refractivity contribution in [3.63, 3.8) is 0 Å². The number of piperidine rings is 1. The van der Waals surface area contributed by atoms with E-state index in [1.165, 1.54) is 11.3 Å². The molecular formula is C20H24ClN5OS. The topological polar surface area (TPSA) is 77.0 Å². The lowest BCUT2D eigenvalue weighted by atomic mass is 9.92. The van der Waals surface area contributed by atoms with Gasteiger partial charge < -0.3 is 10.6 Å². The molecule has 1 aromatic carbocycles. The highest BCUT2D eigenvalue weighted by molar-refractivity contribution is 7.13. The van der Waals surface area contributed by atoms with Gasteiger partial charge in [-0.2, -0.15) is 5.10 Å². The number of nitrogens with two attached hydrogens (primary N) is 1. The van der Waals surface area contributed by atoms with E-state index < -0.39 is 0 Å². The fourth-order valence-corrected chi connectivity index (χ4v) is 4.32. The summed E-state index contributed by atoms with van der Waals surface area (Å²) in [4.78, 5) is 19.4. The van der Waals surface area contributed by atoms with Crippen molar-refractivity contribution in [1.82, 2.24) is 19.7 Å². The van der Waals surface area contributed by atoms with E-state index in [9.17, 15) is 4.79 Å². The number of nitrogens with zero attached hydrogens (tertiary/aromatic N) is 4. The van der Waals surface area contributed by atoms with Crippen LogP contribution in [-0.4, -0.2) is 44.7 Å². The van der Waals surface area contributed by atoms with Gasteiger partial charge >= 0.3 is 0 Å². The number of rotatable bonds is 4. The number of para-hydroxylation sites is 1. The zero-order chi connectivity index (χ0) is 18.8. The molecule has 0 spiro atoms. The third-order valence-electron chi connectivity index (χ3n) is 5.08. The molecule has 1 amide bonds. The molecule has 2 atom stereocenters. The lowest BCUT2D eigenvalue weighted by Crippen LogP contribution is -2.49. The van der Waals surface area contributed by atoms with Crippen molar-refractivity contribution >= 4 is 29.7 Å². The molecule has 8 heteroatoms. The van der Waals surface area contributed by atoms with Crippen LogP contribution < -0.4 is 5.73 Å². The second kappa shape index (κ2) is 8.86. The molecule has 6 nitrogen and oxygen atoms in total. The maximum atomic E-state index is 12.9. The van der Waals surface area contributed by atoms with Crippen molar-refractivity contribution in [2.24, 2.45) is 11.7 Å². The van der Waals surface area contributed by atoms with Gasteiger partial charge in [0.15, 0.2) is 0 Å². The molecule has 1 saturated heterocycles. The van der Waals surface area contributed by atoms with E-state index in [0.717, 1.165) is 35.6 Å². The van der Waals surface area contributed by atoms with Crippen molar-refractivity contribution < 1.29 is 4.79 Å². The van der Waals surface area contributed by atoms with E-state index in [4.69, 9.17) is 5.73 Å². The summed E-state index contributed by atoms with van der Waals surface area (Å²) < 4.78 is 1.81. The Bertz CT molecular complexity index is 926. The quantitative estimate of drug-likeness (QED) is 0.703. The molecular weight excluding hydrogens is 394 g/mol. The minimum absolute atomic E-state index is 0. The standard InChI is InChI=1S/C20H23N5OS.ClH/c1-14-7-8-24(17(9-14)10-21)20(26)18-13-27-19(23-18)15-11-22-25(12-15)16-5-3-2-4-6-16;/h2-6,11-14,17H,7-10,21H2,1H3;1H. The molecule has 0 bridgehead atoms. The third-order valence-corrected chi connectivity index (χ3v) is 5.98. The van der Waals surface area contributed by atoms with E-state index in [2.05, 4.69) is 17.0 Å². The van der Waals surface area contributed by atoms with E-state index >= 15 is 0 Å². The Balaban J connectivity index is 0.00000225. The van der Waals surface area contributed by atoms with Crippen LogP contribution >= 0.6 is 23.7 Å². The zero-order valence-electron chi connectivity index (χ0n) is 15.7. The molecule has 4 rings (SSSR count). The van der Waals surface area contributed by atoms with Gasteiger partial charge in [0.1, 0.15) is 10.7 Å². The molecule has 1 fully saturated rings. The predicted octanol–water partition coefficient (Wildman–Crippen LogP) is 3.62. The molecule has 3 aromatic rings. The van der Waals surface area contributed by atoms with Crippen molar-refractivity contribution in [1.29, 1.82) is 0 Å². The zero-order valence-corrected chi connectivity index (χ0v) is 17.3. The van der Waals surface area contributed by atoms with Crippen LogP contribution in [0.15, 0.2) is 48.1 Å². The van der Waals surface area contributed by atoms with Crippen molar-refractivity contribution in [2.75, 3.05) is 13.1 Å². The Kier molecular flexibility index (Phi) is 6.49. The molecule has 148 valence electrons. The molecule has 0 aliphatic carbocycles. The molecule has 1 aliphatic rings. The van der Waals surface area contributed by atoms with Crippen molar-refractivity contribution in [3.8, 4) is 16.3 Å². The average molecular weight is 418 g/mol. The first-order valence-electron chi connectivity index (χ1n) is 9.22. The normalized spacial score (nSPS) is 19.3. The highest BCUT2D eigenvalue weighted by atomic mass is 35.5. The number of hydrogen-bond acceptors (Lipinski definition) is 5. The Hall–Kier alpha value is -2.22. The summed E-state index contributed by atoms with van der Waals surface area (Å²) in [5.74, 6) is 0.590. The van der Waals surface area contributed by atoms with Crippen LogP contribution in [-0.2, 0) is 0 Å². The van der Waals surface area contributed by atoms with E-state index in [1.54, 1.807) is 6.20 Å². The van der Waals surface area contributed by atoms with Gasteiger partial charge in [0.25, 0.3) is 5.91 Å². The van der Waals surface area contributed by atoms with Gasteiger partial charge in [-0.1, -0.05) is 25.1 Å². The highest BCUT2D eigenvalue weighted by Crippen LogP contribution is 2.27. The van der Waals surface area contributed by atoms with E-state index in [-0.39, 0.29) is 24.4 Å². The SMILES string of the molecule is CC1CCN(C(=O)c2csc(-c3cnn(-c4ccccc4)c3)n2)C(CN)C1.Cl. The summed E-state index contributed by atoms with van der Waals surface area (Å²) in [6, 6.07) is 10.0. The summed E-state index contributed by atoms with van der Waals surface area (Å²) in [6.07, 6.45) is 5.70. The second-order valence-electron chi connectivity index (χ2n) is 7.06. The summed E-state index contributed by atoms with van der Waals surface area (Å²) in [5, 5.41) is 7.05. The lowest BCUT2D eigenvalue weighted by Gasteiger charge is -2.37. The van der Waals surface area contributed by atoms with Gasteiger partial charge in [-0.05, 0) is 30.9 Å². The molecule has 2 aromatic heterocycles. The predicted molar refractivity (Wildman–Crippen MR) is 114 cm³/mol. The highest BCUT2D eigenvalue weighted by Gasteiger charge is 2.30. The summed E-state index contributed by atoms with van der Waals surface area (Å²) >= 11 is 1.47. The number of carbonyl (C=O) groups is 1. The first kappa shape index (κ1) is 20.5. The maximum Gasteiger partial charge on any atom is 0.273 e. The van der Waals surface area contributed by atoms with Gasteiger partial charge in [-0.15, -0.1) is 23.7 Å².